The molecule has 0 spiro atoms. The summed E-state index contributed by atoms with van der Waals surface area (Å²) in [5.74, 6) is -0.556. The molecule has 0 radical (unpaired) electrons. The fraction of sp³-hybridized carbons (Fsp3) is 0.158. The molecular weight excluding hydrogens is 334 g/mol. The van der Waals surface area contributed by atoms with Gasteiger partial charge in [0.05, 0.1) is 18.1 Å². The molecule has 0 aliphatic heterocycles. The van der Waals surface area contributed by atoms with Crippen LogP contribution in [0.4, 0.5) is 0 Å². The Morgan fingerprint density at radius 1 is 1.23 bits per heavy atom. The Labute approximate surface area is 149 Å². The van der Waals surface area contributed by atoms with Crippen molar-refractivity contribution in [3.05, 3.63) is 69.6 Å². The van der Waals surface area contributed by atoms with Gasteiger partial charge in [-0.2, -0.15) is 0 Å². The lowest BCUT2D eigenvalue weighted by Crippen LogP contribution is -2.25. The van der Waals surface area contributed by atoms with Crippen LogP contribution in [0.15, 0.2) is 47.4 Å². The van der Waals surface area contributed by atoms with Gasteiger partial charge in [0.25, 0.3) is 0 Å². The molecule has 3 rings (SSSR count). The van der Waals surface area contributed by atoms with E-state index in [4.69, 9.17) is 10.5 Å². The van der Waals surface area contributed by atoms with Crippen molar-refractivity contribution >= 4 is 22.7 Å². The number of aryl methyl sites for hydroxylation is 1. The minimum atomic E-state index is -0.599. The highest BCUT2D eigenvalue weighted by atomic mass is 16.5. The molecule has 0 saturated heterocycles. The average Bonchev–Trinajstić information content (AvgIpc) is 2.63. The second-order valence-corrected chi connectivity index (χ2v) is 5.85. The number of aromatic nitrogens is 2. The van der Waals surface area contributed by atoms with E-state index in [1.807, 2.05) is 0 Å². The molecule has 0 aliphatic carbocycles. The Morgan fingerprint density at radius 3 is 2.69 bits per heavy atom. The number of hydrogen-bond acceptors (Lipinski definition) is 5. The monoisotopic (exact) mass is 351 g/mol. The van der Waals surface area contributed by atoms with Crippen molar-refractivity contribution < 1.29 is 14.3 Å². The van der Waals surface area contributed by atoms with Crippen LogP contribution in [-0.4, -0.2) is 28.4 Å². The van der Waals surface area contributed by atoms with E-state index in [1.54, 1.807) is 43.3 Å². The number of methoxy groups -OCH3 is 1. The predicted octanol–water partition coefficient (Wildman–Crippen LogP) is 1.43. The first-order chi connectivity index (χ1) is 12.4. The summed E-state index contributed by atoms with van der Waals surface area (Å²) >= 11 is 0. The van der Waals surface area contributed by atoms with Crippen LogP contribution in [0.1, 0.15) is 21.6 Å². The Bertz CT molecular complexity index is 1090. The first-order valence-corrected chi connectivity index (χ1v) is 7.88. The van der Waals surface area contributed by atoms with Gasteiger partial charge in [0.15, 0.2) is 5.78 Å². The third-order valence-corrected chi connectivity index (χ3v) is 3.96. The van der Waals surface area contributed by atoms with Gasteiger partial charge in [0, 0.05) is 17.5 Å². The maximum Gasteiger partial charge on any atom is 0.237 e. The summed E-state index contributed by atoms with van der Waals surface area (Å²) in [7, 11) is 1.49. The number of rotatable bonds is 5. The van der Waals surface area contributed by atoms with Gasteiger partial charge < -0.3 is 15.0 Å². The van der Waals surface area contributed by atoms with Crippen molar-refractivity contribution in [2.75, 3.05) is 7.11 Å². The molecule has 26 heavy (non-hydrogen) atoms. The quantitative estimate of drug-likeness (QED) is 0.700. The molecule has 2 aromatic heterocycles. The van der Waals surface area contributed by atoms with Crippen molar-refractivity contribution in [3.8, 4) is 5.75 Å². The first-order valence-electron chi connectivity index (χ1n) is 7.88. The zero-order chi connectivity index (χ0) is 18.8. The van der Waals surface area contributed by atoms with Gasteiger partial charge >= 0.3 is 0 Å². The van der Waals surface area contributed by atoms with E-state index in [2.05, 4.69) is 4.98 Å². The van der Waals surface area contributed by atoms with E-state index < -0.39 is 17.1 Å². The summed E-state index contributed by atoms with van der Waals surface area (Å²) in [6.45, 7) is 1.58. The number of hydrogen-bond donors (Lipinski definition) is 1. The number of amides is 1. The lowest BCUT2D eigenvalue weighted by molar-refractivity contribution is -0.118. The molecule has 0 saturated carbocycles. The number of benzene rings is 1. The molecule has 0 atom stereocenters. The maximum absolute atomic E-state index is 12.9. The van der Waals surface area contributed by atoms with E-state index in [9.17, 15) is 14.4 Å². The molecule has 2 heterocycles. The van der Waals surface area contributed by atoms with E-state index >= 15 is 0 Å². The van der Waals surface area contributed by atoms with E-state index in [0.29, 0.717) is 22.7 Å². The van der Waals surface area contributed by atoms with Crippen molar-refractivity contribution in [1.29, 1.82) is 0 Å². The summed E-state index contributed by atoms with van der Waals surface area (Å²) < 4.78 is 6.55. The summed E-state index contributed by atoms with van der Waals surface area (Å²) in [4.78, 5) is 41.4. The van der Waals surface area contributed by atoms with Gasteiger partial charge in [0.1, 0.15) is 17.9 Å². The fourth-order valence-electron chi connectivity index (χ4n) is 2.73. The lowest BCUT2D eigenvalue weighted by atomic mass is 10.0. The van der Waals surface area contributed by atoms with Crippen LogP contribution < -0.4 is 15.9 Å². The third-order valence-electron chi connectivity index (χ3n) is 3.96. The lowest BCUT2D eigenvalue weighted by Gasteiger charge is -2.11. The number of nitrogens with two attached hydrogens (primary N) is 1. The van der Waals surface area contributed by atoms with E-state index in [-0.39, 0.29) is 17.5 Å². The molecule has 3 aromatic rings. The normalized spacial score (nSPS) is 10.7. The fourth-order valence-corrected chi connectivity index (χ4v) is 2.73. The second kappa shape index (κ2) is 6.79. The summed E-state index contributed by atoms with van der Waals surface area (Å²) in [5, 5.41) is 0.255. The Kier molecular flexibility index (Phi) is 4.53. The van der Waals surface area contributed by atoms with E-state index in [1.165, 1.54) is 17.9 Å². The smallest absolute Gasteiger partial charge is 0.237 e. The molecule has 7 heteroatoms. The molecule has 7 nitrogen and oxygen atoms in total. The number of carbonyl (C=O) groups excluding carboxylic acids is 2. The Morgan fingerprint density at radius 2 is 2.00 bits per heavy atom. The largest absolute Gasteiger partial charge is 0.497 e. The van der Waals surface area contributed by atoms with Crippen LogP contribution in [-0.2, 0) is 11.3 Å². The second-order valence-electron chi connectivity index (χ2n) is 5.85. The van der Waals surface area contributed by atoms with Crippen LogP contribution in [0.3, 0.4) is 0 Å². The van der Waals surface area contributed by atoms with Crippen molar-refractivity contribution in [2.24, 2.45) is 5.73 Å². The Hall–Kier alpha value is -3.48. The molecule has 0 unspecified atom stereocenters. The highest BCUT2D eigenvalue weighted by Crippen LogP contribution is 2.17. The summed E-state index contributed by atoms with van der Waals surface area (Å²) in [6.07, 6.45) is 1.34. The topological polar surface area (TPSA) is 104 Å². The van der Waals surface area contributed by atoms with Gasteiger partial charge in [-0.1, -0.05) is 12.1 Å². The highest BCUT2D eigenvalue weighted by Gasteiger charge is 2.19. The average molecular weight is 351 g/mol. The van der Waals surface area contributed by atoms with Gasteiger partial charge in [-0.15, -0.1) is 0 Å². The zero-order valence-electron chi connectivity index (χ0n) is 14.4. The number of ether oxygens (including phenoxy) is 1. The molecule has 1 aromatic carbocycles. The first kappa shape index (κ1) is 17.3. The molecule has 0 aliphatic rings. The van der Waals surface area contributed by atoms with Crippen LogP contribution >= 0.6 is 0 Å². The number of nitrogens with zero attached hydrogens (tertiary/aromatic N) is 2. The number of pyridine rings is 2. The molecular formula is C19H17N3O4. The van der Waals surface area contributed by atoms with Gasteiger partial charge in [-0.05, 0) is 31.2 Å². The molecule has 0 fully saturated rings. The predicted molar refractivity (Wildman–Crippen MR) is 96.4 cm³/mol. The van der Waals surface area contributed by atoms with Crippen molar-refractivity contribution in [3.63, 3.8) is 0 Å². The van der Waals surface area contributed by atoms with Crippen LogP contribution in [0.5, 0.6) is 5.75 Å². The van der Waals surface area contributed by atoms with E-state index in [0.717, 1.165) is 0 Å². The minimum Gasteiger partial charge on any atom is -0.497 e. The van der Waals surface area contributed by atoms with Gasteiger partial charge in [-0.3, -0.25) is 14.4 Å². The minimum absolute atomic E-state index is 0.0577. The SMILES string of the molecule is COc1cccc(C(=O)c2cn(CC(N)=O)c3nc(C)ccc3c2=O)c1. The standard InChI is InChI=1S/C19H17N3O4/c1-11-6-7-14-18(25)15(9-22(10-16(20)23)19(14)21-11)17(24)12-4-3-5-13(8-12)26-2/h3-9H,10H2,1-2H3,(H2,20,23). The molecule has 1 amide bonds. The van der Waals surface area contributed by atoms with Crippen LogP contribution in [0, 0.1) is 6.92 Å². The summed E-state index contributed by atoms with van der Waals surface area (Å²) in [6, 6.07) is 9.80. The number of ketones is 1. The van der Waals surface area contributed by atoms with Crippen molar-refractivity contribution in [1.82, 2.24) is 9.55 Å². The zero-order valence-corrected chi connectivity index (χ0v) is 14.4. The van der Waals surface area contributed by atoms with Gasteiger partial charge in [-0.25, -0.2) is 4.98 Å². The maximum atomic E-state index is 12.9. The number of primary amides is 1. The van der Waals surface area contributed by atoms with Gasteiger partial charge in [0.2, 0.25) is 11.3 Å². The third kappa shape index (κ3) is 3.19. The van der Waals surface area contributed by atoms with Crippen LogP contribution in [0.2, 0.25) is 0 Å². The van der Waals surface area contributed by atoms with Crippen molar-refractivity contribution in [2.45, 2.75) is 13.5 Å². The van der Waals surface area contributed by atoms with Crippen LogP contribution in [0.25, 0.3) is 11.0 Å². The molecule has 132 valence electrons. The number of fused-ring (bicyclic) bond motifs is 1. The molecule has 2 N–H and O–H groups in total. The summed E-state index contributed by atoms with van der Waals surface area (Å²) in [5.41, 5.74) is 6.11. The molecule has 0 bridgehead atoms. The number of carbonyl (C=O) groups is 2. The highest BCUT2D eigenvalue weighted by molar-refractivity contribution is 6.10. The Balaban J connectivity index is 2.24.